The number of halogens is 1. The summed E-state index contributed by atoms with van der Waals surface area (Å²) in [6, 6.07) is 14.2. The standard InChI is InChI=1S/C18H18ClNO4S/c1-14-2-4-15(5-3-14)10-11-25(22,23)20-12-18(21)24-13-16-6-8-17(19)9-7-16/h2-11,20H,12-13H2,1H3/b11-10+. The van der Waals surface area contributed by atoms with E-state index in [1.165, 1.54) is 6.08 Å². The van der Waals surface area contributed by atoms with Crippen molar-refractivity contribution < 1.29 is 17.9 Å². The first-order valence-corrected chi connectivity index (χ1v) is 9.41. The van der Waals surface area contributed by atoms with Crippen LogP contribution in [0.3, 0.4) is 0 Å². The number of sulfonamides is 1. The number of esters is 1. The summed E-state index contributed by atoms with van der Waals surface area (Å²) >= 11 is 5.77. The number of nitrogens with one attached hydrogen (secondary N) is 1. The summed E-state index contributed by atoms with van der Waals surface area (Å²) in [6.45, 7) is 1.56. The first-order chi connectivity index (χ1) is 11.8. The highest BCUT2D eigenvalue weighted by atomic mass is 35.5. The molecule has 0 aliphatic carbocycles. The van der Waals surface area contributed by atoms with Crippen LogP contribution in [0.4, 0.5) is 0 Å². The quantitative estimate of drug-likeness (QED) is 0.749. The van der Waals surface area contributed by atoms with E-state index in [1.807, 2.05) is 31.2 Å². The molecule has 0 unspecified atom stereocenters. The molecular weight excluding hydrogens is 362 g/mol. The van der Waals surface area contributed by atoms with E-state index >= 15 is 0 Å². The zero-order chi connectivity index (χ0) is 18.3. The lowest BCUT2D eigenvalue weighted by atomic mass is 10.2. The molecule has 0 saturated carbocycles. The summed E-state index contributed by atoms with van der Waals surface area (Å²) in [7, 11) is -3.72. The van der Waals surface area contributed by atoms with Crippen LogP contribution in [0, 0.1) is 6.92 Å². The minimum absolute atomic E-state index is 0.0525. The lowest BCUT2D eigenvalue weighted by molar-refractivity contribution is -0.143. The van der Waals surface area contributed by atoms with E-state index in [-0.39, 0.29) is 6.61 Å². The number of carbonyl (C=O) groups excluding carboxylic acids is 1. The second-order valence-electron chi connectivity index (χ2n) is 5.37. The van der Waals surface area contributed by atoms with Gasteiger partial charge >= 0.3 is 5.97 Å². The van der Waals surface area contributed by atoms with Crippen molar-refractivity contribution in [2.45, 2.75) is 13.5 Å². The molecule has 132 valence electrons. The molecule has 2 rings (SSSR count). The fourth-order valence-electron chi connectivity index (χ4n) is 1.85. The molecule has 5 nitrogen and oxygen atoms in total. The van der Waals surface area contributed by atoms with Crippen molar-refractivity contribution >= 4 is 33.7 Å². The molecule has 1 N–H and O–H groups in total. The van der Waals surface area contributed by atoms with E-state index in [1.54, 1.807) is 24.3 Å². The lowest BCUT2D eigenvalue weighted by Gasteiger charge is -2.06. The highest BCUT2D eigenvalue weighted by Gasteiger charge is 2.10. The van der Waals surface area contributed by atoms with Gasteiger partial charge in [-0.05, 0) is 36.3 Å². The Labute approximate surface area is 152 Å². The molecule has 0 bridgehead atoms. The van der Waals surface area contributed by atoms with Gasteiger partial charge in [0.1, 0.15) is 13.2 Å². The van der Waals surface area contributed by atoms with E-state index in [4.69, 9.17) is 16.3 Å². The van der Waals surface area contributed by atoms with Gasteiger partial charge in [0.25, 0.3) is 0 Å². The molecule has 0 atom stereocenters. The summed E-state index contributed by atoms with van der Waals surface area (Å²) in [5, 5.41) is 1.60. The van der Waals surface area contributed by atoms with Crippen molar-refractivity contribution in [1.29, 1.82) is 0 Å². The average Bonchev–Trinajstić information content (AvgIpc) is 2.59. The van der Waals surface area contributed by atoms with Crippen LogP contribution in [0.2, 0.25) is 5.02 Å². The van der Waals surface area contributed by atoms with Crippen molar-refractivity contribution in [1.82, 2.24) is 4.72 Å². The van der Waals surface area contributed by atoms with Crippen molar-refractivity contribution in [2.24, 2.45) is 0 Å². The molecule has 2 aromatic rings. The second-order valence-corrected chi connectivity index (χ2v) is 7.45. The van der Waals surface area contributed by atoms with Gasteiger partial charge in [-0.2, -0.15) is 0 Å². The van der Waals surface area contributed by atoms with E-state index < -0.39 is 22.5 Å². The number of hydrogen-bond acceptors (Lipinski definition) is 4. The number of benzene rings is 2. The molecule has 0 fully saturated rings. The highest BCUT2D eigenvalue weighted by molar-refractivity contribution is 7.92. The topological polar surface area (TPSA) is 72.5 Å². The molecule has 0 saturated heterocycles. The van der Waals surface area contributed by atoms with Crippen molar-refractivity contribution in [3.05, 3.63) is 75.7 Å². The zero-order valence-corrected chi connectivity index (χ0v) is 15.2. The van der Waals surface area contributed by atoms with Crippen LogP contribution in [0.15, 0.2) is 53.9 Å². The fourth-order valence-corrected chi connectivity index (χ4v) is 2.73. The van der Waals surface area contributed by atoms with Crippen LogP contribution in [0.25, 0.3) is 6.08 Å². The Bertz CT molecular complexity index is 844. The second kappa shape index (κ2) is 8.80. The van der Waals surface area contributed by atoms with Gasteiger partial charge in [0, 0.05) is 10.4 Å². The summed E-state index contributed by atoms with van der Waals surface area (Å²) in [6.07, 6.45) is 1.46. The Morgan fingerprint density at radius 2 is 1.76 bits per heavy atom. The first-order valence-electron chi connectivity index (χ1n) is 7.48. The smallest absolute Gasteiger partial charge is 0.321 e. The molecular formula is C18H18ClNO4S. The molecule has 0 aromatic heterocycles. The molecule has 0 aliphatic rings. The monoisotopic (exact) mass is 379 g/mol. The Morgan fingerprint density at radius 1 is 1.12 bits per heavy atom. The summed E-state index contributed by atoms with van der Waals surface area (Å²) in [4.78, 5) is 11.6. The normalized spacial score (nSPS) is 11.6. The third-order valence-corrected chi connectivity index (χ3v) is 4.54. The van der Waals surface area contributed by atoms with Gasteiger partial charge in [0.15, 0.2) is 0 Å². The highest BCUT2D eigenvalue weighted by Crippen LogP contribution is 2.10. The molecule has 0 amide bonds. The molecule has 7 heteroatoms. The van der Waals surface area contributed by atoms with Crippen molar-refractivity contribution in [3.8, 4) is 0 Å². The molecule has 0 aliphatic heterocycles. The Morgan fingerprint density at radius 3 is 2.40 bits per heavy atom. The molecule has 0 spiro atoms. The van der Waals surface area contributed by atoms with Crippen LogP contribution in [0.1, 0.15) is 16.7 Å². The maximum atomic E-state index is 11.9. The van der Waals surface area contributed by atoms with Gasteiger partial charge in [-0.25, -0.2) is 13.1 Å². The summed E-state index contributed by atoms with van der Waals surface area (Å²) < 4.78 is 30.9. The number of aryl methyl sites for hydroxylation is 1. The van der Waals surface area contributed by atoms with Crippen LogP contribution < -0.4 is 4.72 Å². The van der Waals surface area contributed by atoms with Gasteiger partial charge in [0.2, 0.25) is 10.0 Å². The number of hydrogen-bond donors (Lipinski definition) is 1. The number of rotatable bonds is 7. The Balaban J connectivity index is 1.81. The molecule has 2 aromatic carbocycles. The van der Waals surface area contributed by atoms with Crippen molar-refractivity contribution in [3.63, 3.8) is 0 Å². The Hall–Kier alpha value is -2.15. The van der Waals surface area contributed by atoms with Gasteiger partial charge < -0.3 is 4.74 Å². The van der Waals surface area contributed by atoms with E-state index in [9.17, 15) is 13.2 Å². The minimum Gasteiger partial charge on any atom is -0.460 e. The van der Waals surface area contributed by atoms with Crippen LogP contribution in [0.5, 0.6) is 0 Å². The van der Waals surface area contributed by atoms with Gasteiger partial charge in [-0.1, -0.05) is 53.6 Å². The van der Waals surface area contributed by atoms with Crippen LogP contribution in [-0.2, 0) is 26.2 Å². The zero-order valence-electron chi connectivity index (χ0n) is 13.6. The molecule has 0 heterocycles. The SMILES string of the molecule is Cc1ccc(/C=C/S(=O)(=O)NCC(=O)OCc2ccc(Cl)cc2)cc1. The first kappa shape index (κ1) is 19.2. The van der Waals surface area contributed by atoms with Gasteiger partial charge in [-0.3, -0.25) is 4.79 Å². The predicted octanol–water partition coefficient (Wildman–Crippen LogP) is 3.28. The predicted molar refractivity (Wildman–Crippen MR) is 98.4 cm³/mol. The van der Waals surface area contributed by atoms with Gasteiger partial charge in [-0.15, -0.1) is 0 Å². The fraction of sp³-hybridized carbons (Fsp3) is 0.167. The maximum Gasteiger partial charge on any atom is 0.321 e. The third-order valence-electron chi connectivity index (χ3n) is 3.25. The van der Waals surface area contributed by atoms with Crippen molar-refractivity contribution in [2.75, 3.05) is 6.54 Å². The largest absolute Gasteiger partial charge is 0.460 e. The summed E-state index contributed by atoms with van der Waals surface area (Å²) in [5.74, 6) is -0.665. The average molecular weight is 380 g/mol. The number of ether oxygens (including phenoxy) is 1. The Kier molecular flexibility index (Phi) is 6.75. The van der Waals surface area contributed by atoms with E-state index in [2.05, 4.69) is 4.72 Å². The van der Waals surface area contributed by atoms with Gasteiger partial charge in [0.05, 0.1) is 0 Å². The summed E-state index contributed by atoms with van der Waals surface area (Å²) in [5.41, 5.74) is 2.60. The molecule has 0 radical (unpaired) electrons. The van der Waals surface area contributed by atoms with Crippen LogP contribution >= 0.6 is 11.6 Å². The van der Waals surface area contributed by atoms with E-state index in [0.29, 0.717) is 5.02 Å². The number of carbonyl (C=O) groups is 1. The molecule has 25 heavy (non-hydrogen) atoms. The van der Waals surface area contributed by atoms with Crippen LogP contribution in [-0.4, -0.2) is 20.9 Å². The maximum absolute atomic E-state index is 11.9. The lowest BCUT2D eigenvalue weighted by Crippen LogP contribution is -2.29. The minimum atomic E-state index is -3.72. The van der Waals surface area contributed by atoms with E-state index in [0.717, 1.165) is 22.1 Å². The third kappa shape index (κ3) is 7.09.